The van der Waals surface area contributed by atoms with Gasteiger partial charge in [-0.25, -0.2) is 0 Å². The minimum atomic E-state index is -0.530. The van der Waals surface area contributed by atoms with Crippen molar-refractivity contribution < 1.29 is 5.11 Å². The summed E-state index contributed by atoms with van der Waals surface area (Å²) in [4.78, 5) is 0. The number of nitrogens with zero attached hydrogens (tertiary/aromatic N) is 2. The van der Waals surface area contributed by atoms with Crippen molar-refractivity contribution in [3.63, 3.8) is 0 Å². The molecule has 1 atom stereocenters. The Morgan fingerprint density at radius 2 is 1.55 bits per heavy atom. The van der Waals surface area contributed by atoms with Gasteiger partial charge in [-0.3, -0.25) is 0 Å². The van der Waals surface area contributed by atoms with E-state index in [4.69, 9.17) is 0 Å². The number of fused-ring (bicyclic) bond motifs is 5. The molecule has 2 aromatic carbocycles. The first-order chi connectivity index (χ1) is 9.84. The van der Waals surface area contributed by atoms with Crippen molar-refractivity contribution >= 4 is 0 Å². The highest BCUT2D eigenvalue weighted by Crippen LogP contribution is 2.38. The first kappa shape index (κ1) is 11.4. The molecule has 1 unspecified atom stereocenters. The van der Waals surface area contributed by atoms with E-state index in [0.717, 1.165) is 33.6 Å². The molecule has 1 heterocycles. The summed E-state index contributed by atoms with van der Waals surface area (Å²) in [5.41, 5.74) is 5.61. The van der Waals surface area contributed by atoms with Gasteiger partial charge in [-0.1, -0.05) is 48.5 Å². The van der Waals surface area contributed by atoms with Gasteiger partial charge in [0, 0.05) is 17.5 Å². The summed E-state index contributed by atoms with van der Waals surface area (Å²) >= 11 is 0. The van der Waals surface area contributed by atoms with E-state index >= 15 is 0 Å². The Morgan fingerprint density at radius 3 is 2.40 bits per heavy atom. The van der Waals surface area contributed by atoms with Crippen molar-refractivity contribution in [3.8, 4) is 22.5 Å². The van der Waals surface area contributed by atoms with Gasteiger partial charge in [-0.2, -0.15) is 15.4 Å². The zero-order valence-corrected chi connectivity index (χ0v) is 10.7. The van der Waals surface area contributed by atoms with E-state index in [1.54, 1.807) is 0 Å². The van der Waals surface area contributed by atoms with E-state index < -0.39 is 6.10 Å². The number of aromatic nitrogens is 3. The van der Waals surface area contributed by atoms with Crippen molar-refractivity contribution in [1.82, 2.24) is 15.4 Å². The summed E-state index contributed by atoms with van der Waals surface area (Å²) in [6.07, 6.45) is 0.0525. The van der Waals surface area contributed by atoms with Gasteiger partial charge in [0.2, 0.25) is 0 Å². The van der Waals surface area contributed by atoms with Crippen molar-refractivity contribution in [3.05, 3.63) is 59.7 Å². The zero-order chi connectivity index (χ0) is 13.5. The maximum atomic E-state index is 10.5. The highest BCUT2D eigenvalue weighted by Gasteiger charge is 2.24. The van der Waals surface area contributed by atoms with Crippen LogP contribution in [0, 0.1) is 0 Å². The molecule has 20 heavy (non-hydrogen) atoms. The Morgan fingerprint density at radius 1 is 0.900 bits per heavy atom. The molecule has 0 saturated heterocycles. The number of hydrogen-bond acceptors (Lipinski definition) is 3. The minimum Gasteiger partial charge on any atom is -0.388 e. The molecule has 0 radical (unpaired) electrons. The minimum absolute atomic E-state index is 0.530. The summed E-state index contributed by atoms with van der Waals surface area (Å²) in [6.45, 7) is 0. The Hall–Kier alpha value is -2.46. The summed E-state index contributed by atoms with van der Waals surface area (Å²) in [7, 11) is 0. The van der Waals surface area contributed by atoms with Crippen LogP contribution < -0.4 is 0 Å². The van der Waals surface area contributed by atoms with Crippen molar-refractivity contribution in [1.29, 1.82) is 0 Å². The maximum absolute atomic E-state index is 10.5. The Balaban J connectivity index is 2.07. The molecule has 3 aromatic rings. The van der Waals surface area contributed by atoms with Gasteiger partial charge in [0.1, 0.15) is 11.4 Å². The quantitative estimate of drug-likeness (QED) is 0.655. The van der Waals surface area contributed by atoms with Crippen LogP contribution in [-0.2, 0) is 6.42 Å². The Bertz CT molecular complexity index is 779. The smallest absolute Gasteiger partial charge is 0.121 e. The fraction of sp³-hybridized carbons (Fsp3) is 0.125. The van der Waals surface area contributed by atoms with Crippen LogP contribution in [-0.4, -0.2) is 20.5 Å². The van der Waals surface area contributed by atoms with Crippen LogP contribution in [0.5, 0.6) is 0 Å². The molecule has 1 aromatic heterocycles. The van der Waals surface area contributed by atoms with Crippen LogP contribution in [0.3, 0.4) is 0 Å². The fourth-order valence-electron chi connectivity index (χ4n) is 2.86. The van der Waals surface area contributed by atoms with Crippen LogP contribution in [0.1, 0.15) is 17.2 Å². The van der Waals surface area contributed by atoms with Gasteiger partial charge >= 0.3 is 0 Å². The lowest BCUT2D eigenvalue weighted by atomic mass is 9.88. The van der Waals surface area contributed by atoms with Crippen LogP contribution in [0.25, 0.3) is 22.5 Å². The van der Waals surface area contributed by atoms with E-state index in [0.29, 0.717) is 6.42 Å². The predicted molar refractivity (Wildman–Crippen MR) is 75.9 cm³/mol. The van der Waals surface area contributed by atoms with Crippen LogP contribution in [0.15, 0.2) is 48.5 Å². The summed E-state index contributed by atoms with van der Waals surface area (Å²) in [5.74, 6) is 0. The largest absolute Gasteiger partial charge is 0.388 e. The first-order valence-corrected chi connectivity index (χ1v) is 6.61. The third-order valence-electron chi connectivity index (χ3n) is 3.81. The second-order valence-electron chi connectivity index (χ2n) is 4.99. The first-order valence-electron chi connectivity index (χ1n) is 6.61. The van der Waals surface area contributed by atoms with Gasteiger partial charge < -0.3 is 5.11 Å². The van der Waals surface area contributed by atoms with E-state index in [1.165, 1.54) is 0 Å². The molecular formula is C16H13N3O. The second-order valence-corrected chi connectivity index (χ2v) is 4.99. The molecule has 1 aliphatic carbocycles. The van der Waals surface area contributed by atoms with Crippen LogP contribution >= 0.6 is 0 Å². The normalized spacial score (nSPS) is 16.6. The number of aromatic amines is 1. The van der Waals surface area contributed by atoms with Gasteiger partial charge in [0.25, 0.3) is 0 Å². The molecule has 0 bridgehead atoms. The topological polar surface area (TPSA) is 61.8 Å². The molecule has 0 aliphatic heterocycles. The molecule has 4 rings (SSSR count). The van der Waals surface area contributed by atoms with Crippen molar-refractivity contribution in [2.24, 2.45) is 0 Å². The summed E-state index contributed by atoms with van der Waals surface area (Å²) in [5, 5.41) is 21.8. The van der Waals surface area contributed by atoms with E-state index in [2.05, 4.69) is 15.4 Å². The number of hydrogen-bond donors (Lipinski definition) is 2. The molecule has 98 valence electrons. The maximum Gasteiger partial charge on any atom is 0.121 e. The molecule has 0 fully saturated rings. The number of aliphatic hydroxyl groups is 1. The average Bonchev–Trinajstić information content (AvgIpc) is 2.95. The highest BCUT2D eigenvalue weighted by molar-refractivity contribution is 5.81. The third kappa shape index (κ3) is 1.58. The Kier molecular flexibility index (Phi) is 2.44. The predicted octanol–water partition coefficient (Wildman–Crippen LogP) is 2.73. The van der Waals surface area contributed by atoms with E-state index in [1.807, 2.05) is 48.5 Å². The molecule has 0 amide bonds. The third-order valence-corrected chi connectivity index (χ3v) is 3.81. The standard InChI is InChI=1S/C16H13N3O/c20-14-9-10-5-1-2-6-11(10)15-16(18-19-17-15)13-8-4-3-7-12(13)14/h1-8,14,20H,9H2,(H,17,18,19). The van der Waals surface area contributed by atoms with Gasteiger partial charge in [-0.15, -0.1) is 0 Å². The Labute approximate surface area is 116 Å². The lowest BCUT2D eigenvalue weighted by molar-refractivity contribution is 0.179. The molecule has 1 aliphatic rings. The molecule has 4 nitrogen and oxygen atoms in total. The molecule has 2 N–H and O–H groups in total. The molecule has 0 spiro atoms. The summed E-state index contributed by atoms with van der Waals surface area (Å²) < 4.78 is 0. The van der Waals surface area contributed by atoms with Crippen molar-refractivity contribution in [2.75, 3.05) is 0 Å². The lowest BCUT2D eigenvalue weighted by Gasteiger charge is -2.20. The molecule has 0 saturated carbocycles. The number of H-pyrrole nitrogens is 1. The average molecular weight is 263 g/mol. The van der Waals surface area contributed by atoms with Crippen LogP contribution in [0.2, 0.25) is 0 Å². The number of aliphatic hydroxyl groups excluding tert-OH is 1. The van der Waals surface area contributed by atoms with E-state index in [-0.39, 0.29) is 0 Å². The van der Waals surface area contributed by atoms with Crippen LogP contribution in [0.4, 0.5) is 0 Å². The van der Waals surface area contributed by atoms with Gasteiger partial charge in [-0.05, 0) is 11.1 Å². The number of rotatable bonds is 0. The van der Waals surface area contributed by atoms with Gasteiger partial charge in [0.05, 0.1) is 6.10 Å². The number of nitrogens with one attached hydrogen (secondary N) is 1. The van der Waals surface area contributed by atoms with E-state index in [9.17, 15) is 5.11 Å². The van der Waals surface area contributed by atoms with Gasteiger partial charge in [0.15, 0.2) is 0 Å². The molecular weight excluding hydrogens is 250 g/mol. The lowest BCUT2D eigenvalue weighted by Crippen LogP contribution is -2.07. The van der Waals surface area contributed by atoms with Crippen molar-refractivity contribution in [2.45, 2.75) is 12.5 Å². The zero-order valence-electron chi connectivity index (χ0n) is 10.7. The second kappa shape index (κ2) is 4.28. The molecule has 4 heteroatoms. The highest BCUT2D eigenvalue weighted by atomic mass is 16.3. The number of benzene rings is 2. The monoisotopic (exact) mass is 263 g/mol. The summed E-state index contributed by atoms with van der Waals surface area (Å²) in [6, 6.07) is 15.9. The SMILES string of the molecule is OC1Cc2ccccc2-c2n[nH]nc2-c2ccccc21. The fourth-order valence-corrected chi connectivity index (χ4v) is 2.86.